The second kappa shape index (κ2) is 11.4. The van der Waals surface area contributed by atoms with Crippen LogP contribution in [0.2, 0.25) is 0 Å². The van der Waals surface area contributed by atoms with E-state index in [9.17, 15) is 19.8 Å². The van der Waals surface area contributed by atoms with Gasteiger partial charge in [0.1, 0.15) is 11.8 Å². The molecule has 1 saturated heterocycles. The van der Waals surface area contributed by atoms with Gasteiger partial charge in [-0.15, -0.1) is 0 Å². The number of nitrogens with one attached hydrogen (secondary N) is 2. The molecule has 9 heteroatoms. The molecule has 0 saturated carbocycles. The maximum atomic E-state index is 12.7. The third-order valence-electron chi connectivity index (χ3n) is 4.91. The predicted molar refractivity (Wildman–Crippen MR) is 124 cm³/mol. The van der Waals surface area contributed by atoms with Gasteiger partial charge in [-0.1, -0.05) is 12.1 Å². The summed E-state index contributed by atoms with van der Waals surface area (Å²) in [5.74, 6) is -1.05. The van der Waals surface area contributed by atoms with Crippen LogP contribution in [-0.4, -0.2) is 65.9 Å². The van der Waals surface area contributed by atoms with Crippen molar-refractivity contribution in [2.24, 2.45) is 0 Å². The van der Waals surface area contributed by atoms with Crippen LogP contribution in [0.4, 0.5) is 0 Å². The minimum absolute atomic E-state index is 0.0282. The van der Waals surface area contributed by atoms with Crippen LogP contribution in [0.25, 0.3) is 0 Å². The molecular weight excluding hydrogens is 513 g/mol. The van der Waals surface area contributed by atoms with Crippen molar-refractivity contribution in [2.75, 3.05) is 32.9 Å². The molecule has 0 bridgehead atoms. The highest BCUT2D eigenvalue weighted by molar-refractivity contribution is 14.1. The Morgan fingerprint density at radius 3 is 2.61 bits per heavy atom. The summed E-state index contributed by atoms with van der Waals surface area (Å²) in [5.41, 5.74) is 1.94. The molecule has 1 fully saturated rings. The summed E-state index contributed by atoms with van der Waals surface area (Å²) in [6, 6.07) is 11.2. The molecule has 2 aromatic carbocycles. The first-order chi connectivity index (χ1) is 14.9. The number of morpholine rings is 1. The van der Waals surface area contributed by atoms with Crippen molar-refractivity contribution in [3.63, 3.8) is 0 Å². The summed E-state index contributed by atoms with van der Waals surface area (Å²) in [7, 11) is 0. The van der Waals surface area contributed by atoms with E-state index in [2.05, 4.69) is 38.1 Å². The van der Waals surface area contributed by atoms with Gasteiger partial charge < -0.3 is 25.6 Å². The van der Waals surface area contributed by atoms with E-state index >= 15 is 0 Å². The second-order valence-corrected chi connectivity index (χ2v) is 8.58. The number of aromatic hydroxyl groups is 1. The highest BCUT2D eigenvalue weighted by Gasteiger charge is 2.21. The molecule has 1 aliphatic rings. The first-order valence-corrected chi connectivity index (χ1v) is 11.1. The van der Waals surface area contributed by atoms with Crippen LogP contribution in [0.3, 0.4) is 0 Å². The monoisotopic (exact) mass is 539 g/mol. The van der Waals surface area contributed by atoms with E-state index in [0.29, 0.717) is 19.8 Å². The molecule has 31 heavy (non-hydrogen) atoms. The summed E-state index contributed by atoms with van der Waals surface area (Å²) in [4.78, 5) is 27.3. The lowest BCUT2D eigenvalue weighted by molar-refractivity contribution is -0.124. The average Bonchev–Trinajstić information content (AvgIpc) is 2.76. The molecule has 0 aromatic heterocycles. The van der Waals surface area contributed by atoms with E-state index in [0.717, 1.165) is 27.8 Å². The largest absolute Gasteiger partial charge is 0.508 e. The molecule has 2 aromatic rings. The number of benzene rings is 2. The fourth-order valence-corrected chi connectivity index (χ4v) is 3.92. The molecule has 0 spiro atoms. The Hall–Kier alpha value is -2.21. The number of rotatable bonds is 8. The number of aliphatic hydroxyl groups excluding tert-OH is 1. The predicted octanol–water partition coefficient (Wildman–Crippen LogP) is 1.24. The lowest BCUT2D eigenvalue weighted by atomic mass is 10.1. The second-order valence-electron chi connectivity index (χ2n) is 7.33. The van der Waals surface area contributed by atoms with Gasteiger partial charge in [-0.05, 0) is 64.0 Å². The molecular formula is C22H26IN3O5. The molecule has 1 heterocycles. The highest BCUT2D eigenvalue weighted by Crippen LogP contribution is 2.18. The Balaban J connectivity index is 1.60. The van der Waals surface area contributed by atoms with E-state index in [1.54, 1.807) is 12.1 Å². The number of carbonyl (C=O) groups excluding carboxylic acids is 2. The van der Waals surface area contributed by atoms with E-state index in [4.69, 9.17) is 4.74 Å². The van der Waals surface area contributed by atoms with Crippen LogP contribution < -0.4 is 10.6 Å². The number of phenols is 1. The number of nitrogens with zero attached hydrogens (tertiary/aromatic N) is 1. The van der Waals surface area contributed by atoms with Crippen molar-refractivity contribution in [3.05, 3.63) is 62.7 Å². The van der Waals surface area contributed by atoms with Crippen LogP contribution >= 0.6 is 22.6 Å². The van der Waals surface area contributed by atoms with E-state index < -0.39 is 24.5 Å². The van der Waals surface area contributed by atoms with Crippen molar-refractivity contribution in [2.45, 2.75) is 19.1 Å². The quantitative estimate of drug-likeness (QED) is 0.376. The average molecular weight is 539 g/mol. The highest BCUT2D eigenvalue weighted by atomic mass is 127. The van der Waals surface area contributed by atoms with Crippen molar-refractivity contribution >= 4 is 34.4 Å². The molecule has 4 N–H and O–H groups in total. The minimum Gasteiger partial charge on any atom is -0.508 e. The summed E-state index contributed by atoms with van der Waals surface area (Å²) >= 11 is 2.19. The number of halogens is 1. The Morgan fingerprint density at radius 2 is 1.90 bits per heavy atom. The first-order valence-electron chi connectivity index (χ1n) is 10.0. The molecule has 1 atom stereocenters. The number of carbonyl (C=O) groups is 2. The maximum Gasteiger partial charge on any atom is 0.252 e. The van der Waals surface area contributed by atoms with Crippen LogP contribution in [0.1, 0.15) is 21.5 Å². The van der Waals surface area contributed by atoms with Crippen LogP contribution in [0, 0.1) is 3.57 Å². The Morgan fingerprint density at radius 1 is 1.13 bits per heavy atom. The number of hydrogen-bond acceptors (Lipinski definition) is 6. The van der Waals surface area contributed by atoms with Gasteiger partial charge in [0.05, 0.1) is 19.8 Å². The van der Waals surface area contributed by atoms with Gasteiger partial charge in [-0.25, -0.2) is 0 Å². The molecule has 0 radical (unpaired) electrons. The van der Waals surface area contributed by atoms with Crippen molar-refractivity contribution in [3.8, 4) is 5.75 Å². The lowest BCUT2D eigenvalue weighted by Crippen LogP contribution is -2.48. The summed E-state index contributed by atoms with van der Waals surface area (Å²) in [6.07, 6.45) is 0. The Kier molecular flexibility index (Phi) is 8.64. The molecule has 166 valence electrons. The fraction of sp³-hybridized carbons (Fsp3) is 0.364. The molecule has 8 nitrogen and oxygen atoms in total. The number of aliphatic hydroxyl groups is 1. The Labute approximate surface area is 194 Å². The number of amides is 2. The van der Waals surface area contributed by atoms with E-state index in [-0.39, 0.29) is 17.9 Å². The topological polar surface area (TPSA) is 111 Å². The van der Waals surface area contributed by atoms with Crippen molar-refractivity contribution in [1.29, 1.82) is 0 Å². The van der Waals surface area contributed by atoms with Crippen LogP contribution in [-0.2, 0) is 22.6 Å². The summed E-state index contributed by atoms with van der Waals surface area (Å²) < 4.78 is 6.39. The Bertz CT molecular complexity index is 918. The smallest absolute Gasteiger partial charge is 0.252 e. The van der Waals surface area contributed by atoms with Gasteiger partial charge in [0.25, 0.3) is 5.91 Å². The normalized spacial score (nSPS) is 15.3. The van der Waals surface area contributed by atoms with Gasteiger partial charge >= 0.3 is 0 Å². The SMILES string of the molecule is O=C(NC(CO)C(=O)NCc1cccc(I)c1)c1cc(O)cc(CN2CCOCC2)c1. The lowest BCUT2D eigenvalue weighted by Gasteiger charge is -2.26. The zero-order valence-electron chi connectivity index (χ0n) is 17.0. The molecule has 2 amide bonds. The minimum atomic E-state index is -1.10. The van der Waals surface area contributed by atoms with E-state index in [1.807, 2.05) is 24.3 Å². The zero-order chi connectivity index (χ0) is 22.2. The fourth-order valence-electron chi connectivity index (χ4n) is 3.31. The van der Waals surface area contributed by atoms with Crippen molar-refractivity contribution < 1.29 is 24.5 Å². The van der Waals surface area contributed by atoms with Gasteiger partial charge in [-0.3, -0.25) is 14.5 Å². The number of hydrogen-bond donors (Lipinski definition) is 4. The molecule has 1 aliphatic heterocycles. The van der Waals surface area contributed by atoms with Crippen molar-refractivity contribution in [1.82, 2.24) is 15.5 Å². The molecule has 3 rings (SSSR count). The van der Waals surface area contributed by atoms with Gasteiger partial charge in [0, 0.05) is 35.3 Å². The van der Waals surface area contributed by atoms with Gasteiger partial charge in [0.2, 0.25) is 5.91 Å². The standard InChI is InChI=1S/C22H26IN3O5/c23-18-3-1-2-15(9-18)12-24-22(30)20(14-27)25-21(29)17-8-16(10-19(28)11-17)13-26-4-6-31-7-5-26/h1-3,8-11,20,27-28H,4-7,12-14H2,(H,24,30)(H,25,29). The zero-order valence-corrected chi connectivity index (χ0v) is 19.2. The van der Waals surface area contributed by atoms with Gasteiger partial charge in [-0.2, -0.15) is 0 Å². The van der Waals surface area contributed by atoms with E-state index in [1.165, 1.54) is 6.07 Å². The first kappa shape index (κ1) is 23.5. The third kappa shape index (κ3) is 7.17. The number of ether oxygens (including phenoxy) is 1. The van der Waals surface area contributed by atoms with Crippen LogP contribution in [0.5, 0.6) is 5.75 Å². The van der Waals surface area contributed by atoms with Crippen LogP contribution in [0.15, 0.2) is 42.5 Å². The maximum absolute atomic E-state index is 12.7. The van der Waals surface area contributed by atoms with Gasteiger partial charge in [0.15, 0.2) is 0 Å². The molecule has 0 aliphatic carbocycles. The molecule has 1 unspecified atom stereocenters. The summed E-state index contributed by atoms with van der Waals surface area (Å²) in [6.45, 7) is 3.21. The summed E-state index contributed by atoms with van der Waals surface area (Å²) in [5, 5.41) is 24.9. The third-order valence-corrected chi connectivity index (χ3v) is 5.58. The number of phenolic OH excluding ortho intramolecular Hbond substituents is 1.